The third-order valence-electron chi connectivity index (χ3n) is 3.39. The van der Waals surface area contributed by atoms with Crippen LogP contribution in [0.15, 0.2) is 41.7 Å². The summed E-state index contributed by atoms with van der Waals surface area (Å²) in [5.41, 5.74) is 0.0743. The average molecular weight is 386 g/mol. The van der Waals surface area contributed by atoms with Gasteiger partial charge in [-0.15, -0.1) is 13.2 Å². The van der Waals surface area contributed by atoms with Crippen LogP contribution >= 0.6 is 0 Å². The van der Waals surface area contributed by atoms with Gasteiger partial charge in [0.05, 0.1) is 12.6 Å². The molecule has 0 fully saturated rings. The highest BCUT2D eigenvalue weighted by atomic mass is 19.4. The van der Waals surface area contributed by atoms with Crippen molar-refractivity contribution in [3.05, 3.63) is 53.6 Å². The number of hydrogen-bond acceptors (Lipinski definition) is 6. The van der Waals surface area contributed by atoms with E-state index in [0.29, 0.717) is 0 Å². The molecule has 0 saturated heterocycles. The van der Waals surface area contributed by atoms with Gasteiger partial charge in [-0.2, -0.15) is 0 Å². The van der Waals surface area contributed by atoms with E-state index in [1.54, 1.807) is 0 Å². The molecule has 0 radical (unpaired) electrons. The minimum absolute atomic E-state index is 0.0829. The van der Waals surface area contributed by atoms with Crippen LogP contribution in [-0.2, 0) is 4.84 Å². The Morgan fingerprint density at radius 3 is 2.63 bits per heavy atom. The molecule has 0 spiro atoms. The zero-order valence-electron chi connectivity index (χ0n) is 13.2. The summed E-state index contributed by atoms with van der Waals surface area (Å²) >= 11 is 0. The molecule has 11 heteroatoms. The number of aromatic nitrogens is 1. The van der Waals surface area contributed by atoms with Crippen molar-refractivity contribution in [3.63, 3.8) is 0 Å². The molecule has 3 rings (SSSR count). The number of pyridine rings is 1. The number of carboxylic acids is 1. The molecule has 0 amide bonds. The maximum Gasteiger partial charge on any atom is 0.573 e. The summed E-state index contributed by atoms with van der Waals surface area (Å²) in [7, 11) is 0. The highest BCUT2D eigenvalue weighted by Crippen LogP contribution is 2.32. The number of carbonyl (C=O) groups is 1. The number of halogens is 4. The molecule has 1 atom stereocenters. The van der Waals surface area contributed by atoms with Crippen LogP contribution < -0.4 is 9.47 Å². The molecule has 2 heterocycles. The van der Waals surface area contributed by atoms with Crippen LogP contribution in [-0.4, -0.2) is 28.3 Å². The van der Waals surface area contributed by atoms with Crippen LogP contribution in [0.4, 0.5) is 17.6 Å². The lowest BCUT2D eigenvalue weighted by molar-refractivity contribution is -0.275. The highest BCUT2D eigenvalue weighted by Gasteiger charge is 2.33. The Morgan fingerprint density at radius 1 is 1.26 bits per heavy atom. The standard InChI is InChI=1S/C16H10F4N2O5/c17-10-5-8(1-4-12(10)26-16(18,19)20)13-6-14(22-27-13)25-9-2-3-11(15(23)24)21-7-9/h1-5,7,13H,6H2,(H,23,24)/t13-/m1/s1. The number of hydrogen-bond donors (Lipinski definition) is 1. The van der Waals surface area contributed by atoms with Crippen molar-refractivity contribution in [2.24, 2.45) is 5.16 Å². The van der Waals surface area contributed by atoms with Crippen molar-refractivity contribution in [1.29, 1.82) is 0 Å². The summed E-state index contributed by atoms with van der Waals surface area (Å²) in [6.07, 6.45) is -4.50. The molecule has 1 aliphatic heterocycles. The van der Waals surface area contributed by atoms with Gasteiger partial charge in [0.25, 0.3) is 0 Å². The van der Waals surface area contributed by atoms with Gasteiger partial charge in [0.1, 0.15) is 11.4 Å². The largest absolute Gasteiger partial charge is 0.573 e. The number of oxime groups is 1. The van der Waals surface area contributed by atoms with E-state index in [2.05, 4.69) is 14.9 Å². The fourth-order valence-electron chi connectivity index (χ4n) is 2.22. The highest BCUT2D eigenvalue weighted by molar-refractivity contribution is 5.85. The lowest BCUT2D eigenvalue weighted by atomic mass is 10.1. The number of alkyl halides is 3. The second-order valence-corrected chi connectivity index (χ2v) is 5.31. The quantitative estimate of drug-likeness (QED) is 0.807. The third-order valence-corrected chi connectivity index (χ3v) is 3.39. The topological polar surface area (TPSA) is 90.2 Å². The molecule has 0 unspecified atom stereocenters. The Kier molecular flexibility index (Phi) is 4.84. The van der Waals surface area contributed by atoms with Crippen LogP contribution in [0.1, 0.15) is 28.6 Å². The summed E-state index contributed by atoms with van der Waals surface area (Å²) in [6, 6.07) is 5.52. The first-order valence-electron chi connectivity index (χ1n) is 7.36. The summed E-state index contributed by atoms with van der Waals surface area (Å²) in [6.45, 7) is 0. The Bertz CT molecular complexity index is 883. The monoisotopic (exact) mass is 386 g/mol. The van der Waals surface area contributed by atoms with Gasteiger partial charge in [0, 0.05) is 0 Å². The number of carboxylic acid groups (broad SMARTS) is 1. The fourth-order valence-corrected chi connectivity index (χ4v) is 2.22. The fraction of sp³-hybridized carbons (Fsp3) is 0.188. The van der Waals surface area contributed by atoms with Crippen molar-refractivity contribution in [2.75, 3.05) is 0 Å². The van der Waals surface area contributed by atoms with Gasteiger partial charge in [-0.3, -0.25) is 0 Å². The van der Waals surface area contributed by atoms with E-state index in [0.717, 1.165) is 12.1 Å². The molecule has 1 N–H and O–H groups in total. The first-order valence-corrected chi connectivity index (χ1v) is 7.36. The lowest BCUT2D eigenvalue weighted by Crippen LogP contribution is -2.18. The molecule has 27 heavy (non-hydrogen) atoms. The summed E-state index contributed by atoms with van der Waals surface area (Å²) < 4.78 is 59.2. The van der Waals surface area contributed by atoms with Crippen LogP contribution in [0.5, 0.6) is 11.5 Å². The zero-order valence-corrected chi connectivity index (χ0v) is 13.2. The normalized spacial score (nSPS) is 16.4. The summed E-state index contributed by atoms with van der Waals surface area (Å²) in [5, 5.41) is 12.5. The summed E-state index contributed by atoms with van der Waals surface area (Å²) in [4.78, 5) is 19.5. The van der Waals surface area contributed by atoms with Gasteiger partial charge in [0.2, 0.25) is 5.90 Å². The predicted octanol–water partition coefficient (Wildman–Crippen LogP) is 3.67. The predicted molar refractivity (Wildman–Crippen MR) is 80.8 cm³/mol. The Hall–Kier alpha value is -3.37. The number of rotatable bonds is 4. The maximum absolute atomic E-state index is 13.8. The second kappa shape index (κ2) is 7.09. The van der Waals surface area contributed by atoms with E-state index < -0.39 is 30.0 Å². The van der Waals surface area contributed by atoms with E-state index >= 15 is 0 Å². The van der Waals surface area contributed by atoms with Gasteiger partial charge in [-0.25, -0.2) is 14.2 Å². The van der Waals surface area contributed by atoms with Gasteiger partial charge in [-0.1, -0.05) is 11.2 Å². The molecule has 1 aromatic heterocycles. The van der Waals surface area contributed by atoms with Crippen LogP contribution in [0.25, 0.3) is 0 Å². The van der Waals surface area contributed by atoms with Crippen molar-refractivity contribution in [1.82, 2.24) is 4.98 Å². The Balaban J connectivity index is 1.63. The smallest absolute Gasteiger partial charge is 0.477 e. The van der Waals surface area contributed by atoms with Crippen LogP contribution in [0.3, 0.4) is 0 Å². The van der Waals surface area contributed by atoms with Crippen molar-refractivity contribution in [2.45, 2.75) is 18.9 Å². The van der Waals surface area contributed by atoms with E-state index in [9.17, 15) is 22.4 Å². The first-order chi connectivity index (χ1) is 12.7. The van der Waals surface area contributed by atoms with Crippen molar-refractivity contribution in [3.8, 4) is 11.5 Å². The molecule has 7 nitrogen and oxygen atoms in total. The lowest BCUT2D eigenvalue weighted by Gasteiger charge is -2.12. The van der Waals surface area contributed by atoms with E-state index in [4.69, 9.17) is 14.7 Å². The number of benzene rings is 1. The van der Waals surface area contributed by atoms with Gasteiger partial charge < -0.3 is 19.4 Å². The molecular formula is C16H10F4N2O5. The Morgan fingerprint density at radius 2 is 2.04 bits per heavy atom. The minimum Gasteiger partial charge on any atom is -0.477 e. The maximum atomic E-state index is 13.8. The summed E-state index contributed by atoms with van der Waals surface area (Å²) in [5.74, 6) is -3.02. The van der Waals surface area contributed by atoms with Crippen molar-refractivity contribution < 1.29 is 41.8 Å². The van der Waals surface area contributed by atoms with Gasteiger partial charge in [-0.05, 0) is 29.8 Å². The van der Waals surface area contributed by atoms with Crippen molar-refractivity contribution >= 4 is 11.9 Å². The molecule has 0 saturated carbocycles. The van der Waals surface area contributed by atoms with E-state index in [-0.39, 0.29) is 29.3 Å². The molecule has 142 valence electrons. The van der Waals surface area contributed by atoms with E-state index in [1.807, 2.05) is 0 Å². The zero-order chi connectivity index (χ0) is 19.6. The first kappa shape index (κ1) is 18.4. The average Bonchev–Trinajstić information content (AvgIpc) is 3.04. The van der Waals surface area contributed by atoms with E-state index in [1.165, 1.54) is 24.4 Å². The minimum atomic E-state index is -5.00. The number of aromatic carboxylic acids is 1. The molecule has 0 bridgehead atoms. The SMILES string of the molecule is O=C(O)c1ccc(OC2=NO[C@@H](c3ccc(OC(F)(F)F)c(F)c3)C2)cn1. The second-order valence-electron chi connectivity index (χ2n) is 5.31. The van der Waals surface area contributed by atoms with Gasteiger partial charge in [0.15, 0.2) is 17.7 Å². The van der Waals surface area contributed by atoms with Gasteiger partial charge >= 0.3 is 12.3 Å². The third kappa shape index (κ3) is 4.63. The molecular weight excluding hydrogens is 376 g/mol. The molecule has 2 aromatic rings. The van der Waals surface area contributed by atoms with Crippen LogP contribution in [0, 0.1) is 5.82 Å². The Labute approximate surface area is 148 Å². The number of ether oxygens (including phenoxy) is 2. The van der Waals surface area contributed by atoms with Crippen LogP contribution in [0.2, 0.25) is 0 Å². The molecule has 1 aromatic carbocycles. The number of nitrogens with zero attached hydrogens (tertiary/aromatic N) is 2. The molecule has 0 aliphatic carbocycles. The molecule has 1 aliphatic rings.